The number of esters is 1. The number of hydrogen-bond acceptors (Lipinski definition) is 5. The van der Waals surface area contributed by atoms with E-state index in [-0.39, 0.29) is 23.2 Å². The molecule has 1 aliphatic rings. The fraction of sp³-hybridized carbons (Fsp3) is 0.350. The van der Waals surface area contributed by atoms with Crippen molar-refractivity contribution in [1.82, 2.24) is 4.90 Å². The van der Waals surface area contributed by atoms with Crippen LogP contribution in [0.3, 0.4) is 0 Å². The number of methoxy groups -OCH3 is 1. The Morgan fingerprint density at radius 1 is 1.27 bits per heavy atom. The molecule has 6 heteroatoms. The summed E-state index contributed by atoms with van der Waals surface area (Å²) in [7, 11) is 1.37. The Bertz CT molecular complexity index is 919. The van der Waals surface area contributed by atoms with E-state index in [1.165, 1.54) is 25.5 Å². The number of carbonyl (C=O) groups is 2. The molecule has 0 spiro atoms. The van der Waals surface area contributed by atoms with E-state index in [4.69, 9.17) is 9.15 Å². The highest BCUT2D eigenvalue weighted by Crippen LogP contribution is 2.19. The van der Waals surface area contributed by atoms with Crippen LogP contribution in [0.4, 0.5) is 0 Å². The highest BCUT2D eigenvalue weighted by molar-refractivity contribution is 5.92. The topological polar surface area (TPSA) is 76.8 Å². The fourth-order valence-electron chi connectivity index (χ4n) is 3.14. The molecule has 0 N–H and O–H groups in total. The average molecular weight is 355 g/mol. The monoisotopic (exact) mass is 355 g/mol. The van der Waals surface area contributed by atoms with Crippen molar-refractivity contribution in [2.75, 3.05) is 20.2 Å². The minimum Gasteiger partial charge on any atom is -0.469 e. The molecule has 0 radical (unpaired) electrons. The zero-order valence-corrected chi connectivity index (χ0v) is 14.9. The van der Waals surface area contributed by atoms with Gasteiger partial charge in [0.25, 0.3) is 0 Å². The van der Waals surface area contributed by atoms with Crippen LogP contribution in [-0.2, 0) is 14.3 Å². The lowest BCUT2D eigenvalue weighted by Crippen LogP contribution is -2.39. The summed E-state index contributed by atoms with van der Waals surface area (Å²) in [5.74, 6) is -0.558. The lowest BCUT2D eigenvalue weighted by molar-refractivity contribution is -0.148. The molecule has 2 heterocycles. The van der Waals surface area contributed by atoms with Crippen molar-refractivity contribution in [1.29, 1.82) is 0 Å². The molecule has 1 aliphatic heterocycles. The lowest BCUT2D eigenvalue weighted by Gasteiger charge is -2.29. The number of likely N-dealkylation sites (tertiary alicyclic amines) is 1. The van der Waals surface area contributed by atoms with Crippen LogP contribution in [0.5, 0.6) is 0 Å². The Morgan fingerprint density at radius 2 is 2.00 bits per heavy atom. The van der Waals surface area contributed by atoms with Crippen LogP contribution in [0.1, 0.15) is 24.0 Å². The number of hydrogen-bond donors (Lipinski definition) is 0. The molecule has 0 atom stereocenters. The summed E-state index contributed by atoms with van der Waals surface area (Å²) in [5, 5.41) is 0.499. The quantitative estimate of drug-likeness (QED) is 0.625. The first-order chi connectivity index (χ1) is 12.5. The first-order valence-corrected chi connectivity index (χ1v) is 8.56. The summed E-state index contributed by atoms with van der Waals surface area (Å²) in [6.07, 6.45) is 5.41. The maximum absolute atomic E-state index is 12.5. The Labute approximate surface area is 151 Å². The number of piperidine rings is 1. The Hall–Kier alpha value is -2.89. The summed E-state index contributed by atoms with van der Waals surface area (Å²) in [6.45, 7) is 2.89. The lowest BCUT2D eigenvalue weighted by atomic mass is 9.97. The molecule has 3 rings (SSSR count). The molecular formula is C20H21NO5. The Balaban J connectivity index is 1.71. The highest BCUT2D eigenvalue weighted by atomic mass is 16.5. The number of ether oxygens (including phenoxy) is 1. The van der Waals surface area contributed by atoms with E-state index in [0.717, 1.165) is 5.56 Å². The first kappa shape index (κ1) is 17.9. The summed E-state index contributed by atoms with van der Waals surface area (Å²) in [4.78, 5) is 38.1. The van der Waals surface area contributed by atoms with Gasteiger partial charge in [-0.3, -0.25) is 14.4 Å². The van der Waals surface area contributed by atoms with Crippen molar-refractivity contribution in [3.05, 3.63) is 51.9 Å². The normalized spacial score (nSPS) is 15.5. The largest absolute Gasteiger partial charge is 0.469 e. The molecule has 2 aromatic rings. The third-order valence-electron chi connectivity index (χ3n) is 4.70. The predicted octanol–water partition coefficient (Wildman–Crippen LogP) is 2.53. The number of rotatable bonds is 3. The van der Waals surface area contributed by atoms with Crippen LogP contribution >= 0.6 is 0 Å². The van der Waals surface area contributed by atoms with E-state index in [1.807, 2.05) is 13.0 Å². The molecule has 0 bridgehead atoms. The third kappa shape index (κ3) is 3.69. The van der Waals surface area contributed by atoms with Crippen LogP contribution < -0.4 is 5.43 Å². The number of carbonyl (C=O) groups excluding carboxylic acids is 2. The van der Waals surface area contributed by atoms with Gasteiger partial charge in [0.05, 0.1) is 24.0 Å². The van der Waals surface area contributed by atoms with E-state index >= 15 is 0 Å². The van der Waals surface area contributed by atoms with Crippen molar-refractivity contribution in [2.45, 2.75) is 19.8 Å². The van der Waals surface area contributed by atoms with Crippen molar-refractivity contribution in [3.8, 4) is 0 Å². The van der Waals surface area contributed by atoms with Gasteiger partial charge in [-0.15, -0.1) is 0 Å². The van der Waals surface area contributed by atoms with Gasteiger partial charge in [0.1, 0.15) is 11.8 Å². The molecule has 0 aliphatic carbocycles. The number of benzene rings is 1. The smallest absolute Gasteiger partial charge is 0.308 e. The number of fused-ring (bicyclic) bond motifs is 1. The van der Waals surface area contributed by atoms with Crippen LogP contribution in [-0.4, -0.2) is 37.0 Å². The predicted molar refractivity (Wildman–Crippen MR) is 97.6 cm³/mol. The van der Waals surface area contributed by atoms with Crippen LogP contribution in [0, 0.1) is 12.8 Å². The van der Waals surface area contributed by atoms with E-state index in [2.05, 4.69) is 0 Å². The zero-order chi connectivity index (χ0) is 18.7. The molecule has 0 saturated carbocycles. The number of aryl methyl sites for hydroxylation is 1. The summed E-state index contributed by atoms with van der Waals surface area (Å²) < 4.78 is 10.2. The van der Waals surface area contributed by atoms with E-state index in [9.17, 15) is 14.4 Å². The van der Waals surface area contributed by atoms with Gasteiger partial charge in [-0.25, -0.2) is 0 Å². The van der Waals surface area contributed by atoms with Gasteiger partial charge >= 0.3 is 5.97 Å². The number of amides is 1. The van der Waals surface area contributed by atoms with E-state index in [1.54, 1.807) is 17.0 Å². The molecule has 6 nitrogen and oxygen atoms in total. The molecule has 1 fully saturated rings. The molecule has 136 valence electrons. The van der Waals surface area contributed by atoms with Crippen LogP contribution in [0.25, 0.3) is 17.0 Å². The minimum atomic E-state index is -0.225. The van der Waals surface area contributed by atoms with Gasteiger partial charge < -0.3 is 14.1 Å². The summed E-state index contributed by atoms with van der Waals surface area (Å²) in [6, 6.07) is 5.41. The minimum absolute atomic E-state index is 0.149. The molecule has 26 heavy (non-hydrogen) atoms. The molecule has 1 saturated heterocycles. The van der Waals surface area contributed by atoms with Gasteiger partial charge in [-0.1, -0.05) is 11.6 Å². The third-order valence-corrected chi connectivity index (χ3v) is 4.70. The molecule has 1 aromatic heterocycles. The maximum Gasteiger partial charge on any atom is 0.308 e. The van der Waals surface area contributed by atoms with Gasteiger partial charge in [0.15, 0.2) is 5.43 Å². The van der Waals surface area contributed by atoms with Gasteiger partial charge in [0, 0.05) is 19.2 Å². The van der Waals surface area contributed by atoms with E-state index < -0.39 is 0 Å². The van der Waals surface area contributed by atoms with Crippen LogP contribution in [0.15, 0.2) is 39.7 Å². The Morgan fingerprint density at radius 3 is 2.69 bits per heavy atom. The van der Waals surface area contributed by atoms with Gasteiger partial charge in [0.2, 0.25) is 5.91 Å². The number of nitrogens with zero attached hydrogens (tertiary/aromatic N) is 1. The van der Waals surface area contributed by atoms with Crippen molar-refractivity contribution in [3.63, 3.8) is 0 Å². The second-order valence-electron chi connectivity index (χ2n) is 6.48. The van der Waals surface area contributed by atoms with E-state index in [0.29, 0.717) is 42.5 Å². The maximum atomic E-state index is 12.5. The zero-order valence-electron chi connectivity index (χ0n) is 14.9. The summed E-state index contributed by atoms with van der Waals surface area (Å²) >= 11 is 0. The SMILES string of the molecule is COC(=O)C1CCN(C(=O)/C=C/c2coc3ccc(C)cc3c2=O)CC1. The fourth-order valence-corrected chi connectivity index (χ4v) is 3.14. The van der Waals surface area contributed by atoms with Gasteiger partial charge in [-0.05, 0) is 38.0 Å². The molecule has 0 unspecified atom stereocenters. The van der Waals surface area contributed by atoms with Crippen molar-refractivity contribution < 1.29 is 18.7 Å². The van der Waals surface area contributed by atoms with Gasteiger partial charge in [-0.2, -0.15) is 0 Å². The van der Waals surface area contributed by atoms with Crippen molar-refractivity contribution in [2.24, 2.45) is 5.92 Å². The molecular weight excluding hydrogens is 334 g/mol. The first-order valence-electron chi connectivity index (χ1n) is 8.56. The van der Waals surface area contributed by atoms with Crippen molar-refractivity contribution >= 4 is 28.9 Å². The second-order valence-corrected chi connectivity index (χ2v) is 6.48. The standard InChI is InChI=1S/C20H21NO5/c1-13-3-5-17-16(11-13)19(23)15(12-26-17)4-6-18(22)21-9-7-14(8-10-21)20(24)25-2/h3-6,11-12,14H,7-10H2,1-2H3/b6-4+. The molecule has 1 aromatic carbocycles. The Kier molecular flexibility index (Phi) is 5.21. The average Bonchev–Trinajstić information content (AvgIpc) is 2.67. The summed E-state index contributed by atoms with van der Waals surface area (Å²) in [5.41, 5.74) is 1.66. The van der Waals surface area contributed by atoms with Crippen LogP contribution in [0.2, 0.25) is 0 Å². The highest BCUT2D eigenvalue weighted by Gasteiger charge is 2.27. The molecule has 1 amide bonds. The second kappa shape index (κ2) is 7.56.